The summed E-state index contributed by atoms with van der Waals surface area (Å²) in [5, 5.41) is 2.76. The first-order valence-corrected chi connectivity index (χ1v) is 7.87. The van der Waals surface area contributed by atoms with Gasteiger partial charge in [0.2, 0.25) is 11.8 Å². The lowest BCUT2D eigenvalue weighted by atomic mass is 10.0. The third-order valence-corrected chi connectivity index (χ3v) is 4.11. The van der Waals surface area contributed by atoms with Gasteiger partial charge in [-0.25, -0.2) is 0 Å². The molecule has 1 aliphatic rings. The Bertz CT molecular complexity index is 691. The average Bonchev–Trinajstić information content (AvgIpc) is 3.40. The number of carbonyl (C=O) groups excluding carboxylic acids is 2. The van der Waals surface area contributed by atoms with Crippen LogP contribution in [-0.2, 0) is 16.0 Å². The van der Waals surface area contributed by atoms with Gasteiger partial charge in [0.25, 0.3) is 0 Å². The van der Waals surface area contributed by atoms with Crippen molar-refractivity contribution in [2.75, 3.05) is 0 Å². The fourth-order valence-corrected chi connectivity index (χ4v) is 2.56. The largest absolute Gasteiger partial charge is 0.368 e. The minimum absolute atomic E-state index is 0.0605. The van der Waals surface area contributed by atoms with E-state index in [-0.39, 0.29) is 11.8 Å². The molecule has 1 saturated carbocycles. The summed E-state index contributed by atoms with van der Waals surface area (Å²) in [6.07, 6.45) is 2.23. The molecule has 0 aromatic heterocycles. The molecule has 0 unspecified atom stereocenters. The van der Waals surface area contributed by atoms with E-state index >= 15 is 0 Å². The van der Waals surface area contributed by atoms with Crippen LogP contribution < -0.4 is 11.1 Å². The molecule has 3 rings (SSSR count). The molecule has 0 bridgehead atoms. The standard InChI is InChI=1S/C19H20N2O2/c20-18(22)17(21-19(23)16-10-11-16)12-13-6-8-15(9-7-13)14-4-2-1-3-5-14/h1-9,16-17H,10-12H2,(H2,20,22)(H,21,23)/t17-/m1/s1. The van der Waals surface area contributed by atoms with Crippen molar-refractivity contribution >= 4 is 11.8 Å². The first-order valence-electron chi connectivity index (χ1n) is 7.87. The second kappa shape index (κ2) is 6.65. The topological polar surface area (TPSA) is 72.2 Å². The summed E-state index contributed by atoms with van der Waals surface area (Å²) >= 11 is 0. The molecule has 2 amide bonds. The Hall–Kier alpha value is -2.62. The van der Waals surface area contributed by atoms with E-state index < -0.39 is 11.9 Å². The highest BCUT2D eigenvalue weighted by Crippen LogP contribution is 2.29. The van der Waals surface area contributed by atoms with Gasteiger partial charge in [-0.1, -0.05) is 54.6 Å². The maximum atomic E-state index is 11.8. The molecule has 0 saturated heterocycles. The number of nitrogens with one attached hydrogen (secondary N) is 1. The van der Waals surface area contributed by atoms with Crippen LogP contribution in [0.5, 0.6) is 0 Å². The average molecular weight is 308 g/mol. The fourth-order valence-electron chi connectivity index (χ4n) is 2.56. The van der Waals surface area contributed by atoms with Crippen molar-refractivity contribution < 1.29 is 9.59 Å². The number of rotatable bonds is 6. The van der Waals surface area contributed by atoms with E-state index in [9.17, 15) is 9.59 Å². The molecule has 2 aromatic rings. The maximum absolute atomic E-state index is 11.8. The van der Waals surface area contributed by atoms with E-state index in [1.807, 2.05) is 42.5 Å². The first kappa shape index (κ1) is 15.3. The Morgan fingerprint density at radius 1 is 1.00 bits per heavy atom. The molecule has 1 aliphatic carbocycles. The van der Waals surface area contributed by atoms with Crippen LogP contribution in [-0.4, -0.2) is 17.9 Å². The number of benzene rings is 2. The zero-order valence-electron chi connectivity index (χ0n) is 12.9. The number of hydrogen-bond donors (Lipinski definition) is 2. The second-order valence-electron chi connectivity index (χ2n) is 6.00. The van der Waals surface area contributed by atoms with Gasteiger partial charge >= 0.3 is 0 Å². The number of carbonyl (C=O) groups is 2. The van der Waals surface area contributed by atoms with Gasteiger partial charge in [-0.05, 0) is 29.5 Å². The SMILES string of the molecule is NC(=O)[C@@H](Cc1ccc(-c2ccccc2)cc1)NC(=O)C1CC1. The number of amides is 2. The molecule has 23 heavy (non-hydrogen) atoms. The Labute approximate surface area is 135 Å². The van der Waals surface area contributed by atoms with Crippen LogP contribution in [0.3, 0.4) is 0 Å². The van der Waals surface area contributed by atoms with E-state index in [4.69, 9.17) is 5.73 Å². The smallest absolute Gasteiger partial charge is 0.240 e. The zero-order chi connectivity index (χ0) is 16.2. The van der Waals surface area contributed by atoms with E-state index in [0.29, 0.717) is 6.42 Å². The summed E-state index contributed by atoms with van der Waals surface area (Å²) in [6, 6.07) is 17.4. The maximum Gasteiger partial charge on any atom is 0.240 e. The minimum atomic E-state index is -0.648. The van der Waals surface area contributed by atoms with Gasteiger partial charge in [-0.2, -0.15) is 0 Å². The molecular formula is C19H20N2O2. The predicted octanol–water partition coefficient (Wildman–Crippen LogP) is 2.28. The molecular weight excluding hydrogens is 288 g/mol. The summed E-state index contributed by atoms with van der Waals surface area (Å²) in [7, 11) is 0. The molecule has 0 aliphatic heterocycles. The van der Waals surface area contributed by atoms with E-state index in [1.165, 1.54) is 0 Å². The van der Waals surface area contributed by atoms with Crippen LogP contribution in [0.15, 0.2) is 54.6 Å². The van der Waals surface area contributed by atoms with Crippen molar-refractivity contribution in [3.05, 3.63) is 60.2 Å². The van der Waals surface area contributed by atoms with Crippen molar-refractivity contribution in [3.8, 4) is 11.1 Å². The molecule has 0 spiro atoms. The molecule has 0 heterocycles. The molecule has 118 valence electrons. The van der Waals surface area contributed by atoms with Crippen molar-refractivity contribution in [2.24, 2.45) is 11.7 Å². The fraction of sp³-hybridized carbons (Fsp3) is 0.263. The van der Waals surface area contributed by atoms with Gasteiger partial charge in [-0.15, -0.1) is 0 Å². The van der Waals surface area contributed by atoms with Crippen LogP contribution in [0.25, 0.3) is 11.1 Å². The Balaban J connectivity index is 1.68. The first-order chi connectivity index (χ1) is 11.1. The van der Waals surface area contributed by atoms with E-state index in [1.54, 1.807) is 0 Å². The van der Waals surface area contributed by atoms with Crippen molar-refractivity contribution in [1.82, 2.24) is 5.32 Å². The van der Waals surface area contributed by atoms with Crippen LogP contribution >= 0.6 is 0 Å². The normalized spacial score (nSPS) is 15.0. The van der Waals surface area contributed by atoms with E-state index in [0.717, 1.165) is 29.5 Å². The van der Waals surface area contributed by atoms with Gasteiger partial charge in [-0.3, -0.25) is 9.59 Å². The van der Waals surface area contributed by atoms with Crippen LogP contribution in [0.1, 0.15) is 18.4 Å². The summed E-state index contributed by atoms with van der Waals surface area (Å²) < 4.78 is 0. The highest BCUT2D eigenvalue weighted by Gasteiger charge is 2.32. The molecule has 3 N–H and O–H groups in total. The van der Waals surface area contributed by atoms with Gasteiger partial charge in [0.15, 0.2) is 0 Å². The minimum Gasteiger partial charge on any atom is -0.368 e. The van der Waals surface area contributed by atoms with Crippen LogP contribution in [0.4, 0.5) is 0 Å². The summed E-state index contributed by atoms with van der Waals surface area (Å²) in [5.74, 6) is -0.488. The summed E-state index contributed by atoms with van der Waals surface area (Å²) in [6.45, 7) is 0. The Kier molecular flexibility index (Phi) is 4.42. The lowest BCUT2D eigenvalue weighted by Crippen LogP contribution is -2.46. The van der Waals surface area contributed by atoms with Gasteiger partial charge in [0.05, 0.1) is 0 Å². The molecule has 4 nitrogen and oxygen atoms in total. The number of nitrogens with two attached hydrogens (primary N) is 1. The Morgan fingerprint density at radius 3 is 2.17 bits per heavy atom. The third kappa shape index (κ3) is 3.97. The highest BCUT2D eigenvalue weighted by atomic mass is 16.2. The van der Waals surface area contributed by atoms with Crippen molar-refractivity contribution in [2.45, 2.75) is 25.3 Å². The van der Waals surface area contributed by atoms with Gasteiger partial charge in [0.1, 0.15) is 6.04 Å². The number of hydrogen-bond acceptors (Lipinski definition) is 2. The summed E-state index contributed by atoms with van der Waals surface area (Å²) in [5.41, 5.74) is 8.66. The lowest BCUT2D eigenvalue weighted by Gasteiger charge is -2.15. The van der Waals surface area contributed by atoms with Crippen LogP contribution in [0.2, 0.25) is 0 Å². The number of primary amides is 1. The molecule has 4 heteroatoms. The Morgan fingerprint density at radius 2 is 1.61 bits per heavy atom. The van der Waals surface area contributed by atoms with Gasteiger partial charge < -0.3 is 11.1 Å². The molecule has 0 radical (unpaired) electrons. The van der Waals surface area contributed by atoms with E-state index in [2.05, 4.69) is 17.4 Å². The molecule has 1 fully saturated rings. The van der Waals surface area contributed by atoms with Crippen molar-refractivity contribution in [3.63, 3.8) is 0 Å². The zero-order valence-corrected chi connectivity index (χ0v) is 12.9. The second-order valence-corrected chi connectivity index (χ2v) is 6.00. The lowest BCUT2D eigenvalue weighted by molar-refractivity contribution is -0.128. The summed E-state index contributed by atoms with van der Waals surface area (Å²) in [4.78, 5) is 23.4. The predicted molar refractivity (Wildman–Crippen MR) is 89.4 cm³/mol. The molecule has 2 aromatic carbocycles. The highest BCUT2D eigenvalue weighted by molar-refractivity contribution is 5.88. The monoisotopic (exact) mass is 308 g/mol. The van der Waals surface area contributed by atoms with Crippen molar-refractivity contribution in [1.29, 1.82) is 0 Å². The third-order valence-electron chi connectivity index (χ3n) is 4.11. The quantitative estimate of drug-likeness (QED) is 0.859. The van der Waals surface area contributed by atoms with Crippen LogP contribution in [0, 0.1) is 5.92 Å². The van der Waals surface area contributed by atoms with Gasteiger partial charge in [0, 0.05) is 12.3 Å². The molecule has 1 atom stereocenters.